The van der Waals surface area contributed by atoms with Crippen molar-refractivity contribution in [2.45, 2.75) is 26.9 Å². The maximum Gasteiger partial charge on any atom is 0.191 e. The molecule has 2 aromatic carbocycles. The number of nitrogens with zero attached hydrogens (tertiary/aromatic N) is 1. The fourth-order valence-electron chi connectivity index (χ4n) is 3.10. The van der Waals surface area contributed by atoms with Crippen LogP contribution in [0.2, 0.25) is 0 Å². The molecule has 3 aromatic rings. The molecule has 0 radical (unpaired) electrons. The molecule has 0 bridgehead atoms. The Labute approximate surface area is 172 Å². The lowest BCUT2D eigenvalue weighted by molar-refractivity contribution is 0.211. The maximum atomic E-state index is 5.98. The third kappa shape index (κ3) is 5.74. The summed E-state index contributed by atoms with van der Waals surface area (Å²) in [6.45, 7) is 7.63. The number of methoxy groups -OCH3 is 1. The van der Waals surface area contributed by atoms with Crippen LogP contribution in [0.1, 0.15) is 23.8 Å². The van der Waals surface area contributed by atoms with Gasteiger partial charge in [0.25, 0.3) is 0 Å². The number of benzene rings is 2. The van der Waals surface area contributed by atoms with Crippen molar-refractivity contribution in [2.75, 3.05) is 32.1 Å². The van der Waals surface area contributed by atoms with Gasteiger partial charge in [-0.15, -0.1) is 0 Å². The number of fused-ring (bicyclic) bond motifs is 1. The first kappa shape index (κ1) is 20.7. The number of anilines is 1. The minimum atomic E-state index is 0.592. The van der Waals surface area contributed by atoms with E-state index >= 15 is 0 Å². The molecule has 0 saturated carbocycles. The van der Waals surface area contributed by atoms with Crippen LogP contribution in [0, 0.1) is 6.92 Å². The van der Waals surface area contributed by atoms with E-state index in [1.165, 1.54) is 5.56 Å². The van der Waals surface area contributed by atoms with Crippen molar-refractivity contribution in [3.8, 4) is 0 Å². The van der Waals surface area contributed by atoms with Gasteiger partial charge >= 0.3 is 0 Å². The number of nitrogens with one attached hydrogen (secondary N) is 3. The van der Waals surface area contributed by atoms with E-state index < -0.39 is 0 Å². The van der Waals surface area contributed by atoms with Gasteiger partial charge in [-0.05, 0) is 37.6 Å². The van der Waals surface area contributed by atoms with Gasteiger partial charge in [0.2, 0.25) is 0 Å². The summed E-state index contributed by atoms with van der Waals surface area (Å²) in [5.74, 6) is 1.71. The first-order chi connectivity index (χ1) is 14.2. The molecule has 3 rings (SSSR count). The largest absolute Gasteiger partial charge is 0.459 e. The van der Waals surface area contributed by atoms with Gasteiger partial charge in [0.15, 0.2) is 5.96 Å². The molecule has 0 atom stereocenters. The Kier molecular flexibility index (Phi) is 7.53. The predicted molar refractivity (Wildman–Crippen MR) is 119 cm³/mol. The average molecular weight is 395 g/mol. The molecule has 1 heterocycles. The zero-order valence-corrected chi connectivity index (χ0v) is 17.4. The normalized spacial score (nSPS) is 11.6. The zero-order chi connectivity index (χ0) is 20.5. The van der Waals surface area contributed by atoms with Gasteiger partial charge in [-0.25, -0.2) is 4.99 Å². The second kappa shape index (κ2) is 10.5. The highest BCUT2D eigenvalue weighted by Gasteiger charge is 2.10. The monoisotopic (exact) mass is 394 g/mol. The van der Waals surface area contributed by atoms with Gasteiger partial charge in [-0.3, -0.25) is 0 Å². The van der Waals surface area contributed by atoms with Gasteiger partial charge in [-0.2, -0.15) is 0 Å². The van der Waals surface area contributed by atoms with Gasteiger partial charge in [0.05, 0.1) is 19.7 Å². The van der Waals surface area contributed by atoms with Crippen molar-refractivity contribution < 1.29 is 9.15 Å². The second-order valence-electron chi connectivity index (χ2n) is 6.81. The number of furan rings is 1. The summed E-state index contributed by atoms with van der Waals surface area (Å²) in [5.41, 5.74) is 4.32. The molecule has 3 N–H and O–H groups in total. The molecule has 0 aliphatic rings. The van der Waals surface area contributed by atoms with Crippen LogP contribution in [0.4, 0.5) is 5.69 Å². The Morgan fingerprint density at radius 2 is 1.86 bits per heavy atom. The third-order valence-corrected chi connectivity index (χ3v) is 4.71. The number of hydrogen-bond donors (Lipinski definition) is 3. The van der Waals surface area contributed by atoms with Crippen molar-refractivity contribution in [3.05, 3.63) is 65.4 Å². The van der Waals surface area contributed by atoms with Crippen molar-refractivity contribution in [1.82, 2.24) is 10.6 Å². The summed E-state index contributed by atoms with van der Waals surface area (Å²) in [4.78, 5) is 4.70. The van der Waals surface area contributed by atoms with Crippen LogP contribution in [-0.4, -0.2) is 32.8 Å². The van der Waals surface area contributed by atoms with Gasteiger partial charge in [0, 0.05) is 36.8 Å². The van der Waals surface area contributed by atoms with Crippen molar-refractivity contribution >= 4 is 22.6 Å². The molecule has 6 nitrogen and oxygen atoms in total. The van der Waals surface area contributed by atoms with Crippen molar-refractivity contribution in [3.63, 3.8) is 0 Å². The molecule has 0 aliphatic heterocycles. The molecule has 29 heavy (non-hydrogen) atoms. The van der Waals surface area contributed by atoms with Crippen LogP contribution in [0.25, 0.3) is 11.0 Å². The summed E-state index contributed by atoms with van der Waals surface area (Å²) in [7, 11) is 1.70. The molecule has 0 spiro atoms. The third-order valence-electron chi connectivity index (χ3n) is 4.71. The fraction of sp³-hybridized carbons (Fsp3) is 0.348. The molecule has 0 aliphatic carbocycles. The Balaban J connectivity index is 1.60. The Morgan fingerprint density at radius 3 is 2.59 bits per heavy atom. The number of para-hydroxylation sites is 1. The standard InChI is InChI=1S/C23H30N4O2/c1-4-24-23(26-15-18-9-11-19(12-10-18)25-13-14-28-3)27-16-22-17(2)20-7-5-6-8-21(20)29-22/h5-12,25H,4,13-16H2,1-3H3,(H2,24,26,27). The second-order valence-corrected chi connectivity index (χ2v) is 6.81. The lowest BCUT2D eigenvalue weighted by Gasteiger charge is -2.11. The lowest BCUT2D eigenvalue weighted by Crippen LogP contribution is -2.36. The number of rotatable bonds is 9. The highest BCUT2D eigenvalue weighted by molar-refractivity contribution is 5.83. The molecule has 0 amide bonds. The molecular weight excluding hydrogens is 364 g/mol. The number of aliphatic imine (C=N–C) groups is 1. The molecule has 6 heteroatoms. The summed E-state index contributed by atoms with van der Waals surface area (Å²) in [5, 5.41) is 11.1. The number of hydrogen-bond acceptors (Lipinski definition) is 4. The number of guanidine groups is 1. The van der Waals surface area contributed by atoms with Crippen LogP contribution in [0.3, 0.4) is 0 Å². The maximum absolute atomic E-state index is 5.98. The summed E-state index contributed by atoms with van der Waals surface area (Å²) >= 11 is 0. The average Bonchev–Trinajstić information content (AvgIpc) is 3.07. The molecule has 0 fully saturated rings. The van der Waals surface area contributed by atoms with Crippen LogP contribution in [-0.2, 0) is 17.8 Å². The highest BCUT2D eigenvalue weighted by atomic mass is 16.5. The van der Waals surface area contributed by atoms with Crippen LogP contribution in [0.5, 0.6) is 0 Å². The SMILES string of the molecule is CCNC(=NCc1ccc(NCCOC)cc1)NCc1oc2ccccc2c1C. The first-order valence-electron chi connectivity index (χ1n) is 10.0. The van der Waals surface area contributed by atoms with E-state index in [0.717, 1.165) is 47.0 Å². The fourth-order valence-corrected chi connectivity index (χ4v) is 3.10. The number of aryl methyl sites for hydroxylation is 1. The van der Waals surface area contributed by atoms with E-state index in [1.54, 1.807) is 7.11 Å². The molecule has 0 unspecified atom stereocenters. The molecule has 1 aromatic heterocycles. The topological polar surface area (TPSA) is 70.8 Å². The Morgan fingerprint density at radius 1 is 1.07 bits per heavy atom. The van der Waals surface area contributed by atoms with Crippen LogP contribution in [0.15, 0.2) is 57.9 Å². The van der Waals surface area contributed by atoms with E-state index in [-0.39, 0.29) is 0 Å². The lowest BCUT2D eigenvalue weighted by atomic mass is 10.1. The van der Waals surface area contributed by atoms with Crippen LogP contribution >= 0.6 is 0 Å². The zero-order valence-electron chi connectivity index (χ0n) is 17.4. The molecule has 0 saturated heterocycles. The van der Waals surface area contributed by atoms with E-state index in [1.807, 2.05) is 18.2 Å². The summed E-state index contributed by atoms with van der Waals surface area (Å²) in [6.07, 6.45) is 0. The van der Waals surface area contributed by atoms with Crippen molar-refractivity contribution in [2.24, 2.45) is 4.99 Å². The van der Waals surface area contributed by atoms with Gasteiger partial charge < -0.3 is 25.1 Å². The van der Waals surface area contributed by atoms with Crippen molar-refractivity contribution in [1.29, 1.82) is 0 Å². The van der Waals surface area contributed by atoms with E-state index in [4.69, 9.17) is 14.1 Å². The van der Waals surface area contributed by atoms with Crippen LogP contribution < -0.4 is 16.0 Å². The smallest absolute Gasteiger partial charge is 0.191 e. The Bertz CT molecular complexity index is 932. The minimum Gasteiger partial charge on any atom is -0.459 e. The molecule has 154 valence electrons. The summed E-state index contributed by atoms with van der Waals surface area (Å²) < 4.78 is 11.0. The predicted octanol–water partition coefficient (Wildman–Crippen LogP) is 4.05. The van der Waals surface area contributed by atoms with E-state index in [2.05, 4.69) is 60.1 Å². The molecular formula is C23H30N4O2. The quantitative estimate of drug-likeness (QED) is 0.290. The van der Waals surface area contributed by atoms with E-state index in [9.17, 15) is 0 Å². The number of ether oxygens (including phenoxy) is 1. The summed E-state index contributed by atoms with van der Waals surface area (Å²) in [6, 6.07) is 16.4. The van der Waals surface area contributed by atoms with E-state index in [0.29, 0.717) is 19.7 Å². The Hall–Kier alpha value is -2.99. The first-order valence-corrected chi connectivity index (χ1v) is 10.0. The minimum absolute atomic E-state index is 0.592. The van der Waals surface area contributed by atoms with Gasteiger partial charge in [0.1, 0.15) is 11.3 Å². The van der Waals surface area contributed by atoms with Gasteiger partial charge in [-0.1, -0.05) is 30.3 Å². The highest BCUT2D eigenvalue weighted by Crippen LogP contribution is 2.24.